The normalized spacial score (nSPS) is 12.2. The second-order valence-corrected chi connectivity index (χ2v) is 4.56. The van der Waals surface area contributed by atoms with Gasteiger partial charge in [0.1, 0.15) is 11.9 Å². The maximum atomic E-state index is 10.5. The molecule has 108 valence electrons. The summed E-state index contributed by atoms with van der Waals surface area (Å²) in [7, 11) is 3.04. The van der Waals surface area contributed by atoms with Gasteiger partial charge in [0.15, 0.2) is 11.5 Å². The summed E-state index contributed by atoms with van der Waals surface area (Å²) in [6.07, 6.45) is 2.54. The molecule has 0 saturated heterocycles. The van der Waals surface area contributed by atoms with Crippen LogP contribution in [0.1, 0.15) is 24.4 Å². The van der Waals surface area contributed by atoms with Crippen molar-refractivity contribution < 1.29 is 14.6 Å². The van der Waals surface area contributed by atoms with E-state index in [0.29, 0.717) is 27.9 Å². The van der Waals surface area contributed by atoms with Gasteiger partial charge in [-0.2, -0.15) is 0 Å². The quantitative estimate of drug-likeness (QED) is 0.921. The maximum absolute atomic E-state index is 10.5. The summed E-state index contributed by atoms with van der Waals surface area (Å²) in [4.78, 5) is 4.18. The van der Waals surface area contributed by atoms with Crippen LogP contribution in [-0.2, 0) is 6.54 Å². The van der Waals surface area contributed by atoms with Crippen LogP contribution in [0, 0.1) is 0 Å². The van der Waals surface area contributed by atoms with Crippen LogP contribution in [0.2, 0.25) is 5.02 Å². The first kappa shape index (κ1) is 14.7. The molecule has 0 aliphatic heterocycles. The number of rotatable bonds is 5. The van der Waals surface area contributed by atoms with Crippen LogP contribution in [-0.4, -0.2) is 28.9 Å². The lowest BCUT2D eigenvalue weighted by Gasteiger charge is -2.17. The number of aliphatic hydroxyl groups is 1. The van der Waals surface area contributed by atoms with Gasteiger partial charge in [0.05, 0.1) is 19.2 Å². The van der Waals surface area contributed by atoms with Crippen molar-refractivity contribution in [2.45, 2.75) is 19.6 Å². The Bertz CT molecular complexity index is 598. The molecule has 0 fully saturated rings. The lowest BCUT2D eigenvalue weighted by molar-refractivity contribution is 0.204. The third-order valence-corrected chi connectivity index (χ3v) is 3.53. The molecule has 1 unspecified atom stereocenters. The topological polar surface area (TPSA) is 56.5 Å². The number of hydrogen-bond donors (Lipinski definition) is 1. The van der Waals surface area contributed by atoms with Gasteiger partial charge >= 0.3 is 0 Å². The van der Waals surface area contributed by atoms with Crippen molar-refractivity contribution in [3.05, 3.63) is 40.9 Å². The number of methoxy groups -OCH3 is 2. The molecule has 0 amide bonds. The first-order valence-electron chi connectivity index (χ1n) is 6.23. The van der Waals surface area contributed by atoms with E-state index in [2.05, 4.69) is 4.98 Å². The summed E-state index contributed by atoms with van der Waals surface area (Å²) in [5, 5.41) is 10.8. The van der Waals surface area contributed by atoms with Gasteiger partial charge in [-0.25, -0.2) is 4.98 Å². The van der Waals surface area contributed by atoms with Crippen LogP contribution in [0.3, 0.4) is 0 Å². The van der Waals surface area contributed by atoms with E-state index < -0.39 is 6.10 Å². The fraction of sp³-hybridized carbons (Fsp3) is 0.357. The van der Waals surface area contributed by atoms with Gasteiger partial charge in [-0.3, -0.25) is 0 Å². The van der Waals surface area contributed by atoms with Crippen molar-refractivity contribution >= 4 is 11.6 Å². The SMILES string of the molecule is CCn1ccnc1C(O)c1ccc(OC)c(OC)c1Cl. The number of aromatic nitrogens is 2. The largest absolute Gasteiger partial charge is 0.493 e. The van der Waals surface area contributed by atoms with Gasteiger partial charge in [0, 0.05) is 24.5 Å². The van der Waals surface area contributed by atoms with Gasteiger partial charge in [0.25, 0.3) is 0 Å². The molecule has 0 spiro atoms. The zero-order valence-electron chi connectivity index (χ0n) is 11.6. The van der Waals surface area contributed by atoms with E-state index in [1.54, 1.807) is 18.3 Å². The third kappa shape index (κ3) is 2.46. The second-order valence-electron chi connectivity index (χ2n) is 4.18. The number of imidazole rings is 1. The van der Waals surface area contributed by atoms with E-state index >= 15 is 0 Å². The molecule has 1 N–H and O–H groups in total. The van der Waals surface area contributed by atoms with Crippen LogP contribution in [0.25, 0.3) is 0 Å². The second kappa shape index (κ2) is 6.15. The zero-order chi connectivity index (χ0) is 14.7. The number of aliphatic hydroxyl groups excluding tert-OH is 1. The Morgan fingerprint density at radius 2 is 2.10 bits per heavy atom. The number of nitrogens with zero attached hydrogens (tertiary/aromatic N) is 2. The van der Waals surface area contributed by atoms with E-state index in [-0.39, 0.29) is 0 Å². The Kier molecular flexibility index (Phi) is 4.52. The van der Waals surface area contributed by atoms with Crippen molar-refractivity contribution in [2.75, 3.05) is 14.2 Å². The molecule has 0 radical (unpaired) electrons. The van der Waals surface area contributed by atoms with Gasteiger partial charge in [-0.15, -0.1) is 0 Å². The molecule has 0 aliphatic carbocycles. The highest BCUT2D eigenvalue weighted by molar-refractivity contribution is 6.33. The molecular weight excluding hydrogens is 280 g/mol. The van der Waals surface area contributed by atoms with E-state index in [9.17, 15) is 5.11 Å². The molecule has 2 aromatic rings. The Morgan fingerprint density at radius 1 is 1.35 bits per heavy atom. The zero-order valence-corrected chi connectivity index (χ0v) is 12.4. The molecule has 1 atom stereocenters. The highest BCUT2D eigenvalue weighted by atomic mass is 35.5. The van der Waals surface area contributed by atoms with Crippen LogP contribution in [0.4, 0.5) is 0 Å². The van der Waals surface area contributed by atoms with E-state index in [1.165, 1.54) is 14.2 Å². The van der Waals surface area contributed by atoms with Crippen LogP contribution in [0.5, 0.6) is 11.5 Å². The first-order chi connectivity index (χ1) is 9.63. The summed E-state index contributed by atoms with van der Waals surface area (Å²) in [5.41, 5.74) is 0.533. The molecule has 1 heterocycles. The predicted molar refractivity (Wildman–Crippen MR) is 76.5 cm³/mol. The molecular formula is C14H17ClN2O3. The minimum Gasteiger partial charge on any atom is -0.493 e. The maximum Gasteiger partial charge on any atom is 0.179 e. The van der Waals surface area contributed by atoms with Gasteiger partial charge in [0.2, 0.25) is 0 Å². The van der Waals surface area contributed by atoms with Crippen molar-refractivity contribution in [3.8, 4) is 11.5 Å². The summed E-state index contributed by atoms with van der Waals surface area (Å²) in [6, 6.07) is 3.42. The Morgan fingerprint density at radius 3 is 2.70 bits per heavy atom. The number of hydrogen-bond acceptors (Lipinski definition) is 4. The first-order valence-corrected chi connectivity index (χ1v) is 6.61. The average molecular weight is 297 g/mol. The summed E-state index contributed by atoms with van der Waals surface area (Å²) < 4.78 is 12.3. The Hall–Kier alpha value is -1.72. The Balaban J connectivity index is 2.48. The lowest BCUT2D eigenvalue weighted by atomic mass is 10.1. The molecule has 1 aromatic carbocycles. The van der Waals surface area contributed by atoms with Crippen LogP contribution in [0.15, 0.2) is 24.5 Å². The minimum atomic E-state index is -0.919. The van der Waals surface area contributed by atoms with E-state index in [0.717, 1.165) is 6.54 Å². The molecule has 1 aromatic heterocycles. The smallest absolute Gasteiger partial charge is 0.179 e. The van der Waals surface area contributed by atoms with E-state index in [1.807, 2.05) is 17.7 Å². The van der Waals surface area contributed by atoms with Crippen molar-refractivity contribution in [3.63, 3.8) is 0 Å². The average Bonchev–Trinajstić information content (AvgIpc) is 2.94. The molecule has 0 aliphatic rings. The fourth-order valence-electron chi connectivity index (χ4n) is 2.09. The fourth-order valence-corrected chi connectivity index (χ4v) is 2.43. The number of halogens is 1. The molecule has 0 saturated carbocycles. The summed E-state index contributed by atoms with van der Waals surface area (Å²) >= 11 is 6.30. The molecule has 5 nitrogen and oxygen atoms in total. The van der Waals surface area contributed by atoms with Gasteiger partial charge < -0.3 is 19.1 Å². The third-order valence-electron chi connectivity index (χ3n) is 3.14. The monoisotopic (exact) mass is 296 g/mol. The molecule has 2 rings (SSSR count). The summed E-state index contributed by atoms with van der Waals surface area (Å²) in [5.74, 6) is 1.47. The lowest BCUT2D eigenvalue weighted by Crippen LogP contribution is -2.10. The van der Waals surface area contributed by atoms with Gasteiger partial charge in [-0.05, 0) is 13.0 Å². The molecule has 20 heavy (non-hydrogen) atoms. The van der Waals surface area contributed by atoms with Crippen molar-refractivity contribution in [1.82, 2.24) is 9.55 Å². The standard InChI is InChI=1S/C14H17ClN2O3/c1-4-17-8-7-16-14(17)12(18)9-5-6-10(19-2)13(20-3)11(9)15/h5-8,12,18H,4H2,1-3H3. The minimum absolute atomic E-state index is 0.324. The Labute approximate surface area is 122 Å². The highest BCUT2D eigenvalue weighted by Crippen LogP contribution is 2.40. The molecule has 0 bridgehead atoms. The van der Waals surface area contributed by atoms with E-state index in [4.69, 9.17) is 21.1 Å². The number of benzene rings is 1. The van der Waals surface area contributed by atoms with Crippen molar-refractivity contribution in [1.29, 1.82) is 0 Å². The predicted octanol–water partition coefficient (Wildman–Crippen LogP) is 2.66. The summed E-state index contributed by atoms with van der Waals surface area (Å²) in [6.45, 7) is 2.70. The van der Waals surface area contributed by atoms with Crippen LogP contribution < -0.4 is 9.47 Å². The number of aryl methyl sites for hydroxylation is 1. The van der Waals surface area contributed by atoms with Crippen molar-refractivity contribution in [2.24, 2.45) is 0 Å². The number of ether oxygens (including phenoxy) is 2. The van der Waals surface area contributed by atoms with Crippen LogP contribution >= 0.6 is 11.6 Å². The van der Waals surface area contributed by atoms with Gasteiger partial charge in [-0.1, -0.05) is 17.7 Å². The molecule has 6 heteroatoms. The highest BCUT2D eigenvalue weighted by Gasteiger charge is 2.22.